The summed E-state index contributed by atoms with van der Waals surface area (Å²) in [5.74, 6) is 1.16. The molecule has 36 heavy (non-hydrogen) atoms. The fraction of sp³-hybridized carbons (Fsp3) is 0.552. The van der Waals surface area contributed by atoms with Crippen LogP contribution in [0.3, 0.4) is 0 Å². The molecule has 2 saturated carbocycles. The normalized spacial score (nSPS) is 26.8. The number of nitrogens with one attached hydrogen (secondary N) is 2. The quantitative estimate of drug-likeness (QED) is 0.527. The van der Waals surface area contributed by atoms with Crippen LogP contribution in [0.1, 0.15) is 63.4 Å². The molecule has 194 valence electrons. The van der Waals surface area contributed by atoms with Gasteiger partial charge >= 0.3 is 6.03 Å². The van der Waals surface area contributed by atoms with Crippen LogP contribution in [0, 0.1) is 5.82 Å². The van der Waals surface area contributed by atoms with Crippen LogP contribution in [-0.2, 0) is 5.41 Å². The number of urea groups is 1. The average Bonchev–Trinajstić information content (AvgIpc) is 3.28. The molecule has 2 aliphatic carbocycles. The second kappa shape index (κ2) is 10.7. The lowest BCUT2D eigenvalue weighted by atomic mass is 9.64. The highest BCUT2D eigenvalue weighted by atomic mass is 19.1. The minimum absolute atomic E-state index is 0.0359. The van der Waals surface area contributed by atoms with Crippen molar-refractivity contribution in [3.05, 3.63) is 53.8 Å². The van der Waals surface area contributed by atoms with Gasteiger partial charge < -0.3 is 20.1 Å². The molecular weight excluding hydrogens is 457 g/mol. The molecule has 7 heteroatoms. The molecular formula is C29H38FN3O3. The summed E-state index contributed by atoms with van der Waals surface area (Å²) in [7, 11) is 3.36. The zero-order valence-electron chi connectivity index (χ0n) is 21.4. The number of hydrogen-bond acceptors (Lipinski definition) is 4. The summed E-state index contributed by atoms with van der Waals surface area (Å²) in [6.07, 6.45) is 10.4. The Bertz CT molecular complexity index is 1070. The van der Waals surface area contributed by atoms with E-state index in [2.05, 4.69) is 27.7 Å². The summed E-state index contributed by atoms with van der Waals surface area (Å²) in [5, 5.41) is 5.99. The molecule has 3 atom stereocenters. The number of methoxy groups -OCH3 is 2. The number of ether oxygens (including phenoxy) is 2. The number of benzene rings is 2. The molecule has 2 amide bonds. The van der Waals surface area contributed by atoms with Crippen molar-refractivity contribution < 1.29 is 18.7 Å². The average molecular weight is 496 g/mol. The molecule has 0 radical (unpaired) electrons. The van der Waals surface area contributed by atoms with Gasteiger partial charge in [0.1, 0.15) is 5.82 Å². The Balaban J connectivity index is 1.37. The topological polar surface area (TPSA) is 62.8 Å². The molecule has 2 aromatic rings. The van der Waals surface area contributed by atoms with Crippen molar-refractivity contribution in [3.63, 3.8) is 0 Å². The first-order valence-electron chi connectivity index (χ1n) is 13.3. The Morgan fingerprint density at radius 2 is 1.81 bits per heavy atom. The summed E-state index contributed by atoms with van der Waals surface area (Å²) < 4.78 is 24.7. The van der Waals surface area contributed by atoms with Gasteiger partial charge in [-0.25, -0.2) is 9.18 Å². The monoisotopic (exact) mass is 495 g/mol. The van der Waals surface area contributed by atoms with Crippen LogP contribution in [0.15, 0.2) is 42.5 Å². The van der Waals surface area contributed by atoms with Gasteiger partial charge in [0.2, 0.25) is 0 Å². The van der Waals surface area contributed by atoms with Gasteiger partial charge in [0, 0.05) is 29.2 Å². The lowest BCUT2D eigenvalue weighted by molar-refractivity contribution is 0.0825. The van der Waals surface area contributed by atoms with E-state index in [1.54, 1.807) is 26.4 Å². The lowest BCUT2D eigenvalue weighted by Crippen LogP contribution is -2.55. The zero-order valence-corrected chi connectivity index (χ0v) is 21.4. The van der Waals surface area contributed by atoms with Gasteiger partial charge in [-0.15, -0.1) is 0 Å². The maximum atomic E-state index is 13.6. The molecule has 0 unspecified atom stereocenters. The third-order valence-electron chi connectivity index (χ3n) is 8.72. The lowest BCUT2D eigenvalue weighted by Gasteiger charge is -2.47. The number of carbonyl (C=O) groups excluding carboxylic acids is 1. The number of halogens is 1. The second-order valence-electron chi connectivity index (χ2n) is 10.6. The van der Waals surface area contributed by atoms with Crippen molar-refractivity contribution in [2.24, 2.45) is 0 Å². The molecule has 2 N–H and O–H groups in total. The largest absolute Gasteiger partial charge is 0.493 e. The molecule has 3 fully saturated rings. The van der Waals surface area contributed by atoms with Crippen molar-refractivity contribution >= 4 is 11.7 Å². The molecule has 0 aromatic heterocycles. The van der Waals surface area contributed by atoms with Crippen LogP contribution in [0.2, 0.25) is 0 Å². The molecule has 0 spiro atoms. The Hall–Kier alpha value is -2.80. The van der Waals surface area contributed by atoms with E-state index in [0.717, 1.165) is 43.7 Å². The SMILES string of the molecule is COc1ccc([C@@]23CC[C@@H](NC(=O)Nc4cccc(F)c4)C[C@@H]2N(C2CCCCC2)CC3)cc1OC. The molecule has 1 aliphatic heterocycles. The maximum absolute atomic E-state index is 13.6. The number of fused-ring (bicyclic) bond motifs is 1. The van der Waals surface area contributed by atoms with Crippen molar-refractivity contribution in [2.45, 2.75) is 81.3 Å². The van der Waals surface area contributed by atoms with Crippen LogP contribution in [0.25, 0.3) is 0 Å². The number of anilines is 1. The predicted molar refractivity (Wildman–Crippen MR) is 139 cm³/mol. The van der Waals surface area contributed by atoms with E-state index in [1.165, 1.54) is 49.8 Å². The van der Waals surface area contributed by atoms with Gasteiger partial charge in [0.15, 0.2) is 11.5 Å². The second-order valence-corrected chi connectivity index (χ2v) is 10.6. The molecule has 0 bridgehead atoms. The van der Waals surface area contributed by atoms with Gasteiger partial charge in [-0.2, -0.15) is 0 Å². The maximum Gasteiger partial charge on any atom is 0.319 e. The number of rotatable bonds is 6. The Labute approximate surface area is 213 Å². The molecule has 6 nitrogen and oxygen atoms in total. The molecule has 5 rings (SSSR count). The summed E-state index contributed by atoms with van der Waals surface area (Å²) >= 11 is 0. The van der Waals surface area contributed by atoms with Crippen molar-refractivity contribution in [2.75, 3.05) is 26.1 Å². The van der Waals surface area contributed by atoms with E-state index in [-0.39, 0.29) is 23.3 Å². The third kappa shape index (κ3) is 4.90. The third-order valence-corrected chi connectivity index (χ3v) is 8.72. The predicted octanol–water partition coefficient (Wildman–Crippen LogP) is 5.86. The van der Waals surface area contributed by atoms with Crippen LogP contribution in [-0.4, -0.2) is 49.8 Å². The first-order valence-corrected chi connectivity index (χ1v) is 13.3. The highest BCUT2D eigenvalue weighted by molar-refractivity contribution is 5.89. The van der Waals surface area contributed by atoms with Gasteiger partial charge in [-0.1, -0.05) is 31.4 Å². The van der Waals surface area contributed by atoms with Crippen LogP contribution >= 0.6 is 0 Å². The Kier molecular flexibility index (Phi) is 7.37. The van der Waals surface area contributed by atoms with Crippen LogP contribution in [0.4, 0.5) is 14.9 Å². The van der Waals surface area contributed by atoms with E-state index < -0.39 is 0 Å². The summed E-state index contributed by atoms with van der Waals surface area (Å²) in [5.41, 5.74) is 1.81. The smallest absolute Gasteiger partial charge is 0.319 e. The van der Waals surface area contributed by atoms with Crippen molar-refractivity contribution in [1.82, 2.24) is 10.2 Å². The van der Waals surface area contributed by atoms with Crippen molar-refractivity contribution in [1.29, 1.82) is 0 Å². The number of carbonyl (C=O) groups is 1. The number of amides is 2. The standard InChI is InChI=1S/C29H38FN3O3/c1-35-25-12-11-20(17-26(25)36-2)29-14-13-23(32-28(34)31-22-8-6-7-21(30)18-22)19-27(29)33(16-15-29)24-9-4-3-5-10-24/h6-8,11-12,17-18,23-24,27H,3-5,9-10,13-16,19H2,1-2H3,(H2,31,32,34)/t23-,27+,29+/m1/s1. The van der Waals surface area contributed by atoms with E-state index in [9.17, 15) is 9.18 Å². The minimum Gasteiger partial charge on any atom is -0.493 e. The fourth-order valence-electron chi connectivity index (χ4n) is 6.97. The number of hydrogen-bond donors (Lipinski definition) is 2. The van der Waals surface area contributed by atoms with Gasteiger partial charge in [-0.3, -0.25) is 4.90 Å². The van der Waals surface area contributed by atoms with Crippen molar-refractivity contribution in [3.8, 4) is 11.5 Å². The molecule has 2 aromatic carbocycles. The summed E-state index contributed by atoms with van der Waals surface area (Å²) in [4.78, 5) is 15.5. The first-order chi connectivity index (χ1) is 17.5. The summed E-state index contributed by atoms with van der Waals surface area (Å²) in [6, 6.07) is 13.2. The summed E-state index contributed by atoms with van der Waals surface area (Å²) in [6.45, 7) is 1.09. The van der Waals surface area contributed by atoms with E-state index in [1.807, 2.05) is 6.07 Å². The minimum atomic E-state index is -0.362. The van der Waals surface area contributed by atoms with Gasteiger partial charge in [0.25, 0.3) is 0 Å². The van der Waals surface area contributed by atoms with E-state index >= 15 is 0 Å². The molecule has 3 aliphatic rings. The number of nitrogens with zero attached hydrogens (tertiary/aromatic N) is 1. The Morgan fingerprint density at radius 1 is 1.00 bits per heavy atom. The molecule has 1 saturated heterocycles. The highest BCUT2D eigenvalue weighted by Gasteiger charge is 2.53. The van der Waals surface area contributed by atoms with E-state index in [0.29, 0.717) is 17.8 Å². The first kappa shape index (κ1) is 24.9. The van der Waals surface area contributed by atoms with Crippen LogP contribution < -0.4 is 20.1 Å². The number of likely N-dealkylation sites (tertiary alicyclic amines) is 1. The Morgan fingerprint density at radius 3 is 2.56 bits per heavy atom. The fourth-order valence-corrected chi connectivity index (χ4v) is 6.97. The zero-order chi connectivity index (χ0) is 25.1. The van der Waals surface area contributed by atoms with E-state index in [4.69, 9.17) is 9.47 Å². The van der Waals surface area contributed by atoms with Gasteiger partial charge in [-0.05, 0) is 81.0 Å². The van der Waals surface area contributed by atoms with Gasteiger partial charge in [0.05, 0.1) is 14.2 Å². The van der Waals surface area contributed by atoms with Crippen LogP contribution in [0.5, 0.6) is 11.5 Å². The molecule has 1 heterocycles. The highest BCUT2D eigenvalue weighted by Crippen LogP contribution is 2.51.